The standard InChI is InChI=1S/C19H18ClFN4OS/c1-12-16(17(20)25(23-12)15-6-4-14(21)5-7-15)19(26)24-9-2-3-13(11-24)18-22-8-10-27-18/h4-8,10,13H,2-3,9,11H2,1H3. The minimum Gasteiger partial charge on any atom is -0.338 e. The Labute approximate surface area is 165 Å². The number of carbonyl (C=O) groups is 1. The maximum absolute atomic E-state index is 13.2. The second-order valence-corrected chi connectivity index (χ2v) is 7.88. The van der Waals surface area contributed by atoms with Crippen LogP contribution in [0.1, 0.15) is 39.8 Å². The summed E-state index contributed by atoms with van der Waals surface area (Å²) in [4.78, 5) is 19.4. The molecule has 0 aliphatic carbocycles. The fraction of sp³-hybridized carbons (Fsp3) is 0.316. The van der Waals surface area contributed by atoms with Crippen molar-refractivity contribution in [2.24, 2.45) is 0 Å². The summed E-state index contributed by atoms with van der Waals surface area (Å²) in [7, 11) is 0. The summed E-state index contributed by atoms with van der Waals surface area (Å²) < 4.78 is 14.7. The average molecular weight is 405 g/mol. The average Bonchev–Trinajstić information content (AvgIpc) is 3.31. The van der Waals surface area contributed by atoms with Crippen LogP contribution in [0.5, 0.6) is 0 Å². The molecule has 0 saturated carbocycles. The highest BCUT2D eigenvalue weighted by molar-refractivity contribution is 7.09. The topological polar surface area (TPSA) is 51.0 Å². The minimum absolute atomic E-state index is 0.118. The zero-order valence-corrected chi connectivity index (χ0v) is 16.3. The summed E-state index contributed by atoms with van der Waals surface area (Å²) in [6, 6.07) is 5.85. The second-order valence-electron chi connectivity index (χ2n) is 6.60. The van der Waals surface area contributed by atoms with Crippen molar-refractivity contribution in [3.05, 3.63) is 63.1 Å². The van der Waals surface area contributed by atoms with E-state index in [0.717, 1.165) is 17.8 Å². The van der Waals surface area contributed by atoms with Crippen LogP contribution in [0.3, 0.4) is 0 Å². The third-order valence-corrected chi connectivity index (χ3v) is 6.09. The molecule has 8 heteroatoms. The van der Waals surface area contributed by atoms with Crippen LogP contribution < -0.4 is 0 Å². The first kappa shape index (κ1) is 18.1. The summed E-state index contributed by atoms with van der Waals surface area (Å²) in [6.07, 6.45) is 3.76. The predicted molar refractivity (Wildman–Crippen MR) is 103 cm³/mol. The Morgan fingerprint density at radius 1 is 1.33 bits per heavy atom. The Morgan fingerprint density at radius 2 is 2.11 bits per heavy atom. The van der Waals surface area contributed by atoms with Crippen LogP contribution in [-0.4, -0.2) is 38.7 Å². The van der Waals surface area contributed by atoms with Gasteiger partial charge in [-0.1, -0.05) is 11.6 Å². The number of aryl methyl sites for hydroxylation is 1. The van der Waals surface area contributed by atoms with Gasteiger partial charge in [0.15, 0.2) is 0 Å². The van der Waals surface area contributed by atoms with Crippen molar-refractivity contribution in [2.45, 2.75) is 25.7 Å². The zero-order valence-electron chi connectivity index (χ0n) is 14.7. The van der Waals surface area contributed by atoms with Gasteiger partial charge in [0.25, 0.3) is 5.91 Å². The molecular weight excluding hydrogens is 387 g/mol. The van der Waals surface area contributed by atoms with Crippen molar-refractivity contribution >= 4 is 28.8 Å². The first-order valence-electron chi connectivity index (χ1n) is 8.74. The SMILES string of the molecule is Cc1nn(-c2ccc(F)cc2)c(Cl)c1C(=O)N1CCCC(c2nccs2)C1. The molecule has 3 heterocycles. The van der Waals surface area contributed by atoms with Crippen molar-refractivity contribution in [1.82, 2.24) is 19.7 Å². The molecule has 1 unspecified atom stereocenters. The third kappa shape index (κ3) is 3.49. The van der Waals surface area contributed by atoms with Gasteiger partial charge < -0.3 is 4.90 Å². The predicted octanol–water partition coefficient (Wildman–Crippen LogP) is 4.45. The number of rotatable bonds is 3. The Kier molecular flexibility index (Phi) is 4.97. The number of piperidine rings is 1. The highest BCUT2D eigenvalue weighted by Crippen LogP contribution is 2.31. The molecule has 1 fully saturated rings. The van der Waals surface area contributed by atoms with Crippen molar-refractivity contribution in [3.63, 3.8) is 0 Å². The highest BCUT2D eigenvalue weighted by atomic mass is 35.5. The van der Waals surface area contributed by atoms with E-state index < -0.39 is 0 Å². The molecule has 1 atom stereocenters. The van der Waals surface area contributed by atoms with E-state index in [9.17, 15) is 9.18 Å². The molecule has 0 bridgehead atoms. The van der Waals surface area contributed by atoms with Gasteiger partial charge in [-0.05, 0) is 44.0 Å². The molecule has 140 valence electrons. The van der Waals surface area contributed by atoms with Gasteiger partial charge in [-0.25, -0.2) is 14.1 Å². The van der Waals surface area contributed by atoms with Crippen LogP contribution in [-0.2, 0) is 0 Å². The normalized spacial score (nSPS) is 17.3. The number of hydrogen-bond acceptors (Lipinski definition) is 4. The molecule has 3 aromatic rings. The molecule has 5 nitrogen and oxygen atoms in total. The van der Waals surface area contributed by atoms with Gasteiger partial charge in [0, 0.05) is 30.6 Å². The monoisotopic (exact) mass is 404 g/mol. The number of thiazole rings is 1. The van der Waals surface area contributed by atoms with E-state index in [1.165, 1.54) is 16.8 Å². The Balaban J connectivity index is 1.61. The Bertz CT molecular complexity index is 955. The fourth-order valence-electron chi connectivity index (χ4n) is 3.45. The molecule has 0 N–H and O–H groups in total. The number of halogens is 2. The first-order chi connectivity index (χ1) is 13.0. The summed E-state index contributed by atoms with van der Waals surface area (Å²) >= 11 is 8.13. The van der Waals surface area contributed by atoms with Crippen molar-refractivity contribution in [2.75, 3.05) is 13.1 Å². The summed E-state index contributed by atoms with van der Waals surface area (Å²) in [5.41, 5.74) is 1.58. The summed E-state index contributed by atoms with van der Waals surface area (Å²) in [5, 5.41) is 7.68. The number of carbonyl (C=O) groups excluding carboxylic acids is 1. The van der Waals surface area contributed by atoms with Gasteiger partial charge in [0.1, 0.15) is 11.0 Å². The number of amides is 1. The number of likely N-dealkylation sites (tertiary alicyclic amines) is 1. The van der Waals surface area contributed by atoms with E-state index in [1.807, 2.05) is 10.3 Å². The van der Waals surface area contributed by atoms with E-state index >= 15 is 0 Å². The highest BCUT2D eigenvalue weighted by Gasteiger charge is 2.30. The van der Waals surface area contributed by atoms with E-state index in [0.29, 0.717) is 30.0 Å². The first-order valence-corrected chi connectivity index (χ1v) is 10.00. The largest absolute Gasteiger partial charge is 0.338 e. The summed E-state index contributed by atoms with van der Waals surface area (Å²) in [5.74, 6) is -0.197. The third-order valence-electron chi connectivity index (χ3n) is 4.80. The van der Waals surface area contributed by atoms with Gasteiger partial charge in [0.2, 0.25) is 0 Å². The van der Waals surface area contributed by atoms with Crippen LogP contribution in [0.2, 0.25) is 5.15 Å². The van der Waals surface area contributed by atoms with Crippen LogP contribution >= 0.6 is 22.9 Å². The molecular formula is C19H18ClFN4OS. The molecule has 1 amide bonds. The van der Waals surface area contributed by atoms with Gasteiger partial charge in [-0.3, -0.25) is 4.79 Å². The lowest BCUT2D eigenvalue weighted by atomic mass is 9.98. The zero-order chi connectivity index (χ0) is 19.0. The molecule has 2 aromatic heterocycles. The quantitative estimate of drug-likeness (QED) is 0.648. The van der Waals surface area contributed by atoms with E-state index in [4.69, 9.17) is 11.6 Å². The van der Waals surface area contributed by atoms with Gasteiger partial charge >= 0.3 is 0 Å². The van der Waals surface area contributed by atoms with Crippen LogP contribution in [0, 0.1) is 12.7 Å². The molecule has 1 aromatic carbocycles. The molecule has 0 radical (unpaired) electrons. The molecule has 4 rings (SSSR count). The molecule has 1 aliphatic rings. The van der Waals surface area contributed by atoms with E-state index in [1.54, 1.807) is 36.6 Å². The maximum atomic E-state index is 13.2. The maximum Gasteiger partial charge on any atom is 0.258 e. The van der Waals surface area contributed by atoms with Crippen molar-refractivity contribution in [3.8, 4) is 5.69 Å². The van der Waals surface area contributed by atoms with E-state index in [-0.39, 0.29) is 22.8 Å². The minimum atomic E-state index is -0.336. The van der Waals surface area contributed by atoms with Gasteiger partial charge in [0.05, 0.1) is 22.0 Å². The smallest absolute Gasteiger partial charge is 0.258 e. The van der Waals surface area contributed by atoms with Gasteiger partial charge in [-0.2, -0.15) is 5.10 Å². The van der Waals surface area contributed by atoms with Crippen LogP contribution in [0.4, 0.5) is 4.39 Å². The number of nitrogens with zero attached hydrogens (tertiary/aromatic N) is 4. The molecule has 27 heavy (non-hydrogen) atoms. The lowest BCUT2D eigenvalue weighted by Gasteiger charge is -2.31. The Morgan fingerprint density at radius 3 is 2.81 bits per heavy atom. The lowest BCUT2D eigenvalue weighted by Crippen LogP contribution is -2.39. The molecule has 1 saturated heterocycles. The number of benzene rings is 1. The second kappa shape index (κ2) is 7.40. The Hall–Kier alpha value is -2.25. The summed E-state index contributed by atoms with van der Waals surface area (Å²) in [6.45, 7) is 3.09. The van der Waals surface area contributed by atoms with Crippen LogP contribution in [0.25, 0.3) is 5.69 Å². The lowest BCUT2D eigenvalue weighted by molar-refractivity contribution is 0.0706. The number of aromatic nitrogens is 3. The molecule has 1 aliphatic heterocycles. The molecule has 0 spiro atoms. The number of hydrogen-bond donors (Lipinski definition) is 0. The van der Waals surface area contributed by atoms with Crippen molar-refractivity contribution < 1.29 is 9.18 Å². The van der Waals surface area contributed by atoms with E-state index in [2.05, 4.69) is 10.1 Å². The fourth-order valence-corrected chi connectivity index (χ4v) is 4.57. The van der Waals surface area contributed by atoms with Crippen molar-refractivity contribution in [1.29, 1.82) is 0 Å². The van der Waals surface area contributed by atoms with Crippen LogP contribution in [0.15, 0.2) is 35.8 Å². The van der Waals surface area contributed by atoms with Gasteiger partial charge in [-0.15, -0.1) is 11.3 Å².